The molecule has 1 aromatic heterocycles. The van der Waals surface area contributed by atoms with Crippen molar-refractivity contribution in [3.05, 3.63) is 17.6 Å². The maximum atomic E-state index is 9.68. The number of rotatable bonds is 7. The molecule has 0 unspecified atom stereocenters. The van der Waals surface area contributed by atoms with Crippen molar-refractivity contribution in [3.8, 4) is 0 Å². The number of hydrogen-bond acceptors (Lipinski definition) is 6. The van der Waals surface area contributed by atoms with Gasteiger partial charge in [0.15, 0.2) is 0 Å². The van der Waals surface area contributed by atoms with Gasteiger partial charge in [-0.05, 0) is 39.2 Å². The van der Waals surface area contributed by atoms with Gasteiger partial charge in [-0.15, -0.1) is 0 Å². The predicted octanol–water partition coefficient (Wildman–Crippen LogP) is 1.11. The number of piperidine rings is 1. The van der Waals surface area contributed by atoms with E-state index in [1.807, 2.05) is 20.0 Å². The predicted molar refractivity (Wildman–Crippen MR) is 91.8 cm³/mol. The molecule has 0 spiro atoms. The molecule has 0 aromatic carbocycles. The number of methoxy groups -OCH3 is 1. The Bertz CT molecular complexity index is 497. The van der Waals surface area contributed by atoms with Crippen molar-refractivity contribution in [2.24, 2.45) is 11.8 Å². The SMILES string of the molecule is COCCN(C)C[C@H]1C[C@H](CO)CN(c2nc(C)cnc2C)C1. The highest BCUT2D eigenvalue weighted by Crippen LogP contribution is 2.27. The van der Waals surface area contributed by atoms with Crippen LogP contribution in [0.5, 0.6) is 0 Å². The smallest absolute Gasteiger partial charge is 0.150 e. The number of aliphatic hydroxyl groups is 1. The van der Waals surface area contributed by atoms with E-state index in [1.54, 1.807) is 7.11 Å². The number of anilines is 1. The average molecular weight is 322 g/mol. The van der Waals surface area contributed by atoms with Gasteiger partial charge in [-0.1, -0.05) is 0 Å². The second-order valence-electron chi connectivity index (χ2n) is 6.73. The Balaban J connectivity index is 2.07. The third-order valence-corrected chi connectivity index (χ3v) is 4.48. The van der Waals surface area contributed by atoms with Crippen LogP contribution in [0.3, 0.4) is 0 Å². The lowest BCUT2D eigenvalue weighted by molar-refractivity contribution is 0.133. The summed E-state index contributed by atoms with van der Waals surface area (Å²) in [7, 11) is 3.86. The summed E-state index contributed by atoms with van der Waals surface area (Å²) in [6, 6.07) is 0. The number of hydrogen-bond donors (Lipinski definition) is 1. The van der Waals surface area contributed by atoms with Crippen LogP contribution in [0.15, 0.2) is 6.20 Å². The van der Waals surface area contributed by atoms with Gasteiger partial charge in [-0.25, -0.2) is 4.98 Å². The summed E-state index contributed by atoms with van der Waals surface area (Å²) in [5.41, 5.74) is 1.89. The summed E-state index contributed by atoms with van der Waals surface area (Å²) in [5, 5.41) is 9.68. The molecular formula is C17H30N4O2. The number of ether oxygens (including phenoxy) is 1. The summed E-state index contributed by atoms with van der Waals surface area (Å²) in [6.07, 6.45) is 2.87. The van der Waals surface area contributed by atoms with E-state index >= 15 is 0 Å². The quantitative estimate of drug-likeness (QED) is 0.811. The normalized spacial score (nSPS) is 21.9. The third-order valence-electron chi connectivity index (χ3n) is 4.48. The Kier molecular flexibility index (Phi) is 6.74. The van der Waals surface area contributed by atoms with Crippen molar-refractivity contribution in [3.63, 3.8) is 0 Å². The summed E-state index contributed by atoms with van der Waals surface area (Å²) in [5.74, 6) is 1.78. The van der Waals surface area contributed by atoms with E-state index < -0.39 is 0 Å². The first-order valence-corrected chi connectivity index (χ1v) is 8.37. The van der Waals surface area contributed by atoms with Crippen LogP contribution < -0.4 is 4.90 Å². The van der Waals surface area contributed by atoms with Gasteiger partial charge in [0.1, 0.15) is 5.82 Å². The fraction of sp³-hybridized carbons (Fsp3) is 0.765. The Hall–Kier alpha value is -1.24. The fourth-order valence-corrected chi connectivity index (χ4v) is 3.36. The van der Waals surface area contributed by atoms with Crippen LogP contribution in [0.2, 0.25) is 0 Å². The van der Waals surface area contributed by atoms with E-state index in [2.05, 4.69) is 26.8 Å². The Morgan fingerprint density at radius 3 is 2.78 bits per heavy atom. The van der Waals surface area contributed by atoms with Crippen LogP contribution >= 0.6 is 0 Å². The van der Waals surface area contributed by atoms with Gasteiger partial charge in [0.2, 0.25) is 0 Å². The van der Waals surface area contributed by atoms with Gasteiger partial charge in [0.25, 0.3) is 0 Å². The number of aryl methyl sites for hydroxylation is 2. The van der Waals surface area contributed by atoms with E-state index in [0.29, 0.717) is 11.8 Å². The highest BCUT2D eigenvalue weighted by Gasteiger charge is 2.29. The lowest BCUT2D eigenvalue weighted by Crippen LogP contribution is -2.46. The minimum atomic E-state index is 0.229. The summed E-state index contributed by atoms with van der Waals surface area (Å²) < 4.78 is 5.15. The van der Waals surface area contributed by atoms with Crippen molar-refractivity contribution >= 4 is 5.82 Å². The lowest BCUT2D eigenvalue weighted by atomic mass is 9.89. The third kappa shape index (κ3) is 5.12. The van der Waals surface area contributed by atoms with E-state index in [-0.39, 0.29) is 6.61 Å². The van der Waals surface area contributed by atoms with Crippen LogP contribution in [0.4, 0.5) is 5.82 Å². The zero-order valence-corrected chi connectivity index (χ0v) is 14.8. The second-order valence-corrected chi connectivity index (χ2v) is 6.73. The molecule has 1 fully saturated rings. The molecule has 0 radical (unpaired) electrons. The lowest BCUT2D eigenvalue weighted by Gasteiger charge is -2.39. The molecule has 130 valence electrons. The average Bonchev–Trinajstić information content (AvgIpc) is 2.54. The van der Waals surface area contributed by atoms with E-state index in [4.69, 9.17) is 4.74 Å². The molecule has 2 heterocycles. The van der Waals surface area contributed by atoms with Crippen molar-refractivity contribution in [1.82, 2.24) is 14.9 Å². The molecule has 0 saturated carbocycles. The maximum absolute atomic E-state index is 9.68. The van der Waals surface area contributed by atoms with Gasteiger partial charge in [-0.2, -0.15) is 0 Å². The van der Waals surface area contributed by atoms with Crippen LogP contribution in [0, 0.1) is 25.7 Å². The molecule has 1 aliphatic heterocycles. The summed E-state index contributed by atoms with van der Waals surface area (Å²) in [6.45, 7) is 8.71. The molecule has 1 saturated heterocycles. The monoisotopic (exact) mass is 322 g/mol. The highest BCUT2D eigenvalue weighted by molar-refractivity contribution is 5.44. The van der Waals surface area contributed by atoms with Crippen LogP contribution in [0.1, 0.15) is 17.8 Å². The van der Waals surface area contributed by atoms with Crippen molar-refractivity contribution < 1.29 is 9.84 Å². The molecule has 1 aromatic rings. The van der Waals surface area contributed by atoms with Crippen LogP contribution in [-0.2, 0) is 4.74 Å². The van der Waals surface area contributed by atoms with Crippen molar-refractivity contribution in [1.29, 1.82) is 0 Å². The molecule has 2 atom stereocenters. The molecule has 1 N–H and O–H groups in total. The molecular weight excluding hydrogens is 292 g/mol. The molecule has 0 bridgehead atoms. The second kappa shape index (κ2) is 8.57. The molecule has 2 rings (SSSR count). The van der Waals surface area contributed by atoms with Gasteiger partial charge < -0.3 is 19.6 Å². The largest absolute Gasteiger partial charge is 0.396 e. The van der Waals surface area contributed by atoms with Crippen molar-refractivity contribution in [2.45, 2.75) is 20.3 Å². The summed E-state index contributed by atoms with van der Waals surface area (Å²) in [4.78, 5) is 13.7. The van der Waals surface area contributed by atoms with Gasteiger partial charge in [0, 0.05) is 46.1 Å². The van der Waals surface area contributed by atoms with Gasteiger partial charge in [0.05, 0.1) is 18.0 Å². The van der Waals surface area contributed by atoms with E-state index in [0.717, 1.165) is 56.4 Å². The number of aliphatic hydroxyl groups excluding tert-OH is 1. The molecule has 23 heavy (non-hydrogen) atoms. The van der Waals surface area contributed by atoms with Crippen LogP contribution in [-0.4, -0.2) is 73.5 Å². The number of aromatic nitrogens is 2. The van der Waals surface area contributed by atoms with E-state index in [9.17, 15) is 5.11 Å². The standard InChI is InChI=1S/C17H30N4O2/c1-13-8-18-14(2)17(19-13)21-10-15(7-16(11-21)12-22)9-20(3)5-6-23-4/h8,15-16,22H,5-7,9-12H2,1-4H3/t15-,16+/m1/s1. The zero-order valence-electron chi connectivity index (χ0n) is 14.8. The van der Waals surface area contributed by atoms with Crippen LogP contribution in [0.25, 0.3) is 0 Å². The summed E-state index contributed by atoms with van der Waals surface area (Å²) >= 11 is 0. The molecule has 6 heteroatoms. The fourth-order valence-electron chi connectivity index (χ4n) is 3.36. The number of likely N-dealkylation sites (N-methyl/N-ethyl adjacent to an activating group) is 1. The topological polar surface area (TPSA) is 61.7 Å². The van der Waals surface area contributed by atoms with Gasteiger partial charge >= 0.3 is 0 Å². The minimum Gasteiger partial charge on any atom is -0.396 e. The first-order valence-electron chi connectivity index (χ1n) is 8.37. The zero-order chi connectivity index (χ0) is 16.8. The Labute approximate surface area is 139 Å². The molecule has 0 amide bonds. The first kappa shape index (κ1) is 18.1. The van der Waals surface area contributed by atoms with Gasteiger partial charge in [-0.3, -0.25) is 4.98 Å². The highest BCUT2D eigenvalue weighted by atomic mass is 16.5. The maximum Gasteiger partial charge on any atom is 0.150 e. The van der Waals surface area contributed by atoms with Crippen molar-refractivity contribution in [2.75, 3.05) is 58.5 Å². The molecule has 0 aliphatic carbocycles. The number of nitrogens with zero attached hydrogens (tertiary/aromatic N) is 4. The first-order chi connectivity index (χ1) is 11.0. The Morgan fingerprint density at radius 2 is 2.09 bits per heavy atom. The van der Waals surface area contributed by atoms with E-state index in [1.165, 1.54) is 0 Å². The molecule has 6 nitrogen and oxygen atoms in total. The Morgan fingerprint density at radius 1 is 1.35 bits per heavy atom. The minimum absolute atomic E-state index is 0.229. The molecule has 1 aliphatic rings.